The monoisotopic (exact) mass is 237 g/mol. The zero-order chi connectivity index (χ0) is 12.8. The Hall–Kier alpha value is -2.37. The predicted molar refractivity (Wildman–Crippen MR) is 58.9 cm³/mol. The quantitative estimate of drug-likeness (QED) is 0.366. The molecule has 1 rings (SSSR count). The molecule has 0 atom stereocenters. The van der Waals surface area contributed by atoms with Gasteiger partial charge >= 0.3 is 11.9 Å². The Balaban J connectivity index is 3.08. The molecule has 1 N–H and O–H groups in total. The van der Waals surface area contributed by atoms with Crippen molar-refractivity contribution < 1.29 is 24.3 Å². The molecule has 0 saturated carbocycles. The molecule has 6 heteroatoms. The number of aliphatic carboxylic acids is 1. The van der Waals surface area contributed by atoms with Crippen molar-refractivity contribution in [2.24, 2.45) is 5.16 Å². The molecule has 0 spiro atoms. The Morgan fingerprint density at radius 3 is 2.59 bits per heavy atom. The van der Waals surface area contributed by atoms with Gasteiger partial charge in [-0.1, -0.05) is 17.3 Å². The van der Waals surface area contributed by atoms with Crippen molar-refractivity contribution in [1.29, 1.82) is 0 Å². The lowest BCUT2D eigenvalue weighted by atomic mass is 10.1. The molecular formula is C11H11NO5. The van der Waals surface area contributed by atoms with Gasteiger partial charge in [0.25, 0.3) is 0 Å². The van der Waals surface area contributed by atoms with E-state index in [1.165, 1.54) is 32.2 Å². The van der Waals surface area contributed by atoms with Crippen LogP contribution in [0.25, 0.3) is 0 Å². The van der Waals surface area contributed by atoms with Crippen LogP contribution in [-0.2, 0) is 14.4 Å². The second-order valence-corrected chi connectivity index (χ2v) is 3.05. The summed E-state index contributed by atoms with van der Waals surface area (Å²) in [5, 5.41) is 12.3. The van der Waals surface area contributed by atoms with Crippen molar-refractivity contribution in [3.63, 3.8) is 0 Å². The van der Waals surface area contributed by atoms with Crippen LogP contribution in [0.2, 0.25) is 0 Å². The average molecular weight is 237 g/mol. The first-order chi connectivity index (χ1) is 8.04. The number of carbonyl (C=O) groups excluding carboxylic acids is 1. The fourth-order valence-corrected chi connectivity index (χ4v) is 1.18. The number of hydrogen-bond acceptors (Lipinski definition) is 5. The van der Waals surface area contributed by atoms with Crippen LogP contribution in [0.15, 0.2) is 29.4 Å². The van der Waals surface area contributed by atoms with Crippen LogP contribution >= 0.6 is 0 Å². The molecule has 0 unspecified atom stereocenters. The fourth-order valence-electron chi connectivity index (χ4n) is 1.18. The number of carbonyl (C=O) groups is 2. The lowest BCUT2D eigenvalue weighted by Gasteiger charge is -2.04. The van der Waals surface area contributed by atoms with Crippen LogP contribution in [0.4, 0.5) is 0 Å². The van der Waals surface area contributed by atoms with E-state index < -0.39 is 11.9 Å². The molecule has 1 aromatic rings. The van der Waals surface area contributed by atoms with E-state index in [0.29, 0.717) is 0 Å². The maximum Gasteiger partial charge on any atom is 0.358 e. The Bertz CT molecular complexity index is 467. The summed E-state index contributed by atoms with van der Waals surface area (Å²) in [4.78, 5) is 26.1. The van der Waals surface area contributed by atoms with Crippen molar-refractivity contribution in [3.8, 4) is 5.75 Å². The molecule has 0 aliphatic heterocycles. The lowest BCUT2D eigenvalue weighted by molar-refractivity contribution is -0.132. The van der Waals surface area contributed by atoms with E-state index in [2.05, 4.69) is 9.99 Å². The summed E-state index contributed by atoms with van der Waals surface area (Å²) in [5.41, 5.74) is 0.0274. The van der Waals surface area contributed by atoms with E-state index >= 15 is 0 Å². The van der Waals surface area contributed by atoms with Gasteiger partial charge in [-0.05, 0) is 12.1 Å². The zero-order valence-electron chi connectivity index (χ0n) is 9.34. The maximum absolute atomic E-state index is 10.9. The van der Waals surface area contributed by atoms with Crippen LogP contribution in [0.1, 0.15) is 12.5 Å². The summed E-state index contributed by atoms with van der Waals surface area (Å²) >= 11 is 0. The van der Waals surface area contributed by atoms with Gasteiger partial charge in [-0.2, -0.15) is 0 Å². The van der Waals surface area contributed by atoms with E-state index in [4.69, 9.17) is 9.84 Å². The fraction of sp³-hybridized carbons (Fsp3) is 0.182. The second kappa shape index (κ2) is 5.64. The second-order valence-electron chi connectivity index (χ2n) is 3.05. The van der Waals surface area contributed by atoms with Crippen molar-refractivity contribution in [2.45, 2.75) is 6.92 Å². The molecule has 0 radical (unpaired) electrons. The van der Waals surface area contributed by atoms with Crippen molar-refractivity contribution in [2.75, 3.05) is 7.11 Å². The SMILES string of the molecule is CON=C(C(=O)O)c1cccc(OC(C)=O)c1. The van der Waals surface area contributed by atoms with E-state index in [1.807, 2.05) is 0 Å². The summed E-state index contributed by atoms with van der Waals surface area (Å²) in [5.74, 6) is -1.46. The number of ether oxygens (including phenoxy) is 1. The normalized spacial score (nSPS) is 10.8. The molecule has 0 aromatic heterocycles. The maximum atomic E-state index is 10.9. The molecule has 6 nitrogen and oxygen atoms in total. The molecule has 0 aliphatic carbocycles. The summed E-state index contributed by atoms with van der Waals surface area (Å²) < 4.78 is 4.84. The molecule has 17 heavy (non-hydrogen) atoms. The predicted octanol–water partition coefficient (Wildman–Crippen LogP) is 1.05. The number of oxime groups is 1. The van der Waals surface area contributed by atoms with Crippen molar-refractivity contribution in [3.05, 3.63) is 29.8 Å². The minimum Gasteiger partial charge on any atom is -0.476 e. The number of nitrogens with zero attached hydrogens (tertiary/aromatic N) is 1. The topological polar surface area (TPSA) is 85.2 Å². The first-order valence-electron chi connectivity index (χ1n) is 4.68. The standard InChI is InChI=1S/C11H11NO5/c1-7(13)17-9-5-3-4-8(6-9)10(11(14)15)12-16-2/h3-6H,1-2H3,(H,14,15). The van der Waals surface area contributed by atoms with E-state index in [0.717, 1.165) is 0 Å². The van der Waals surface area contributed by atoms with Gasteiger partial charge in [0.1, 0.15) is 12.9 Å². The van der Waals surface area contributed by atoms with Gasteiger partial charge in [-0.15, -0.1) is 0 Å². The van der Waals surface area contributed by atoms with Gasteiger partial charge in [0.2, 0.25) is 0 Å². The molecule has 0 bridgehead atoms. The highest BCUT2D eigenvalue weighted by molar-refractivity contribution is 6.42. The van der Waals surface area contributed by atoms with Crippen molar-refractivity contribution >= 4 is 17.7 Å². The van der Waals surface area contributed by atoms with Crippen LogP contribution in [0, 0.1) is 0 Å². The first kappa shape index (κ1) is 12.7. The van der Waals surface area contributed by atoms with Crippen LogP contribution < -0.4 is 4.74 Å². The Labute approximate surface area is 97.4 Å². The molecule has 0 aliphatic rings. The molecule has 0 heterocycles. The van der Waals surface area contributed by atoms with Gasteiger partial charge in [0, 0.05) is 12.5 Å². The Morgan fingerprint density at radius 1 is 1.35 bits per heavy atom. The zero-order valence-corrected chi connectivity index (χ0v) is 9.34. The molecule has 1 aromatic carbocycles. The van der Waals surface area contributed by atoms with Gasteiger partial charge in [-0.25, -0.2) is 4.79 Å². The Morgan fingerprint density at radius 2 is 2.06 bits per heavy atom. The summed E-state index contributed by atoms with van der Waals surface area (Å²) in [6.45, 7) is 1.26. The minimum atomic E-state index is -1.23. The van der Waals surface area contributed by atoms with Gasteiger partial charge in [0.05, 0.1) is 0 Å². The molecule has 0 amide bonds. The molecule has 0 fully saturated rings. The van der Waals surface area contributed by atoms with Crippen LogP contribution in [-0.4, -0.2) is 29.9 Å². The molecule has 0 saturated heterocycles. The number of hydrogen-bond donors (Lipinski definition) is 1. The Kier molecular flexibility index (Phi) is 4.21. The lowest BCUT2D eigenvalue weighted by Crippen LogP contribution is -2.15. The minimum absolute atomic E-state index is 0.250. The van der Waals surface area contributed by atoms with E-state index in [9.17, 15) is 9.59 Å². The first-order valence-corrected chi connectivity index (χ1v) is 4.68. The highest BCUT2D eigenvalue weighted by atomic mass is 16.6. The molecular weight excluding hydrogens is 226 g/mol. The third-order valence-electron chi connectivity index (χ3n) is 1.75. The van der Waals surface area contributed by atoms with E-state index in [-0.39, 0.29) is 17.0 Å². The third kappa shape index (κ3) is 3.60. The highest BCUT2D eigenvalue weighted by Crippen LogP contribution is 2.14. The number of carboxylic acids is 1. The van der Waals surface area contributed by atoms with Gasteiger partial charge in [-0.3, -0.25) is 4.79 Å². The van der Waals surface area contributed by atoms with E-state index in [1.54, 1.807) is 6.07 Å². The smallest absolute Gasteiger partial charge is 0.358 e. The number of benzene rings is 1. The number of carboxylic acid groups (broad SMARTS) is 1. The summed E-state index contributed by atoms with van der Waals surface area (Å²) in [7, 11) is 1.25. The van der Waals surface area contributed by atoms with Crippen molar-refractivity contribution in [1.82, 2.24) is 0 Å². The number of rotatable bonds is 4. The van der Waals surface area contributed by atoms with Gasteiger partial charge < -0.3 is 14.7 Å². The molecule has 90 valence electrons. The van der Waals surface area contributed by atoms with Gasteiger partial charge in [0.15, 0.2) is 5.71 Å². The number of esters is 1. The third-order valence-corrected chi connectivity index (χ3v) is 1.75. The van der Waals surface area contributed by atoms with Crippen LogP contribution in [0.5, 0.6) is 5.75 Å². The van der Waals surface area contributed by atoms with Crippen LogP contribution in [0.3, 0.4) is 0 Å². The highest BCUT2D eigenvalue weighted by Gasteiger charge is 2.14. The largest absolute Gasteiger partial charge is 0.476 e. The average Bonchev–Trinajstić information content (AvgIpc) is 2.24. The summed E-state index contributed by atoms with van der Waals surface area (Å²) in [6, 6.07) is 6.02. The summed E-state index contributed by atoms with van der Waals surface area (Å²) in [6.07, 6.45) is 0.